The van der Waals surface area contributed by atoms with Crippen molar-refractivity contribution in [2.24, 2.45) is 5.10 Å². The van der Waals surface area contributed by atoms with Crippen LogP contribution < -0.4 is 15.0 Å². The fourth-order valence-electron chi connectivity index (χ4n) is 3.99. The molecule has 3 aromatic carbocycles. The van der Waals surface area contributed by atoms with Gasteiger partial charge in [-0.05, 0) is 90.5 Å². The number of hydrogen-bond donors (Lipinski definition) is 0. The summed E-state index contributed by atoms with van der Waals surface area (Å²) in [4.78, 5) is 30.0. The number of halogens is 1. The summed E-state index contributed by atoms with van der Waals surface area (Å²) in [7, 11) is 1.59. The molecule has 0 unspecified atom stereocenters. The standard InChI is InChI=1S/C29H24IN3O6/c1-17(2)38-27(34)16-37-25-12-11-18(13-21(25)30)15-31-33-28(32-22-8-5-4-7-19(22)29(33)35)26-14-20-23(36-3)9-6-10-24(20)39-26/h4-15,17H,16H2,1-3H3. The summed E-state index contributed by atoms with van der Waals surface area (Å²) < 4.78 is 24.2. The molecule has 0 amide bonds. The summed E-state index contributed by atoms with van der Waals surface area (Å²) in [6.45, 7) is 3.37. The third-order valence-electron chi connectivity index (χ3n) is 5.71. The van der Waals surface area contributed by atoms with Gasteiger partial charge in [0.1, 0.15) is 17.1 Å². The molecule has 0 bridgehead atoms. The Morgan fingerprint density at radius 1 is 1.08 bits per heavy atom. The fourth-order valence-corrected chi connectivity index (χ4v) is 4.68. The number of rotatable bonds is 8. The molecule has 0 aliphatic carbocycles. The number of hydrogen-bond acceptors (Lipinski definition) is 8. The molecule has 198 valence electrons. The normalized spacial score (nSPS) is 11.5. The van der Waals surface area contributed by atoms with Gasteiger partial charge in [-0.2, -0.15) is 9.78 Å². The summed E-state index contributed by atoms with van der Waals surface area (Å²) in [6, 6.07) is 19.7. The number of ether oxygens (including phenoxy) is 3. The van der Waals surface area contributed by atoms with Gasteiger partial charge in [-0.3, -0.25) is 4.79 Å². The number of carbonyl (C=O) groups is 1. The number of benzene rings is 3. The van der Waals surface area contributed by atoms with Gasteiger partial charge in [-0.1, -0.05) is 18.2 Å². The van der Waals surface area contributed by atoms with Crippen molar-refractivity contribution < 1.29 is 23.4 Å². The van der Waals surface area contributed by atoms with E-state index in [4.69, 9.17) is 23.6 Å². The minimum Gasteiger partial charge on any atom is -0.496 e. The zero-order valence-electron chi connectivity index (χ0n) is 21.4. The summed E-state index contributed by atoms with van der Waals surface area (Å²) in [5, 5.41) is 5.69. The Labute approximate surface area is 237 Å². The average Bonchev–Trinajstić information content (AvgIpc) is 3.36. The van der Waals surface area contributed by atoms with Crippen LogP contribution in [-0.4, -0.2) is 41.7 Å². The van der Waals surface area contributed by atoms with Gasteiger partial charge < -0.3 is 18.6 Å². The molecule has 0 saturated heterocycles. The molecule has 0 N–H and O–H groups in total. The highest BCUT2D eigenvalue weighted by atomic mass is 127. The quantitative estimate of drug-likeness (QED) is 0.123. The molecule has 0 atom stereocenters. The van der Waals surface area contributed by atoms with Crippen LogP contribution >= 0.6 is 22.6 Å². The fraction of sp³-hybridized carbons (Fsp3) is 0.172. The van der Waals surface area contributed by atoms with Crippen LogP contribution in [0, 0.1) is 3.57 Å². The molecule has 0 fully saturated rings. The number of para-hydroxylation sites is 1. The Bertz CT molecular complexity index is 1770. The van der Waals surface area contributed by atoms with E-state index in [1.54, 1.807) is 63.6 Å². The topological polar surface area (TPSA) is 105 Å². The van der Waals surface area contributed by atoms with Crippen LogP contribution in [-0.2, 0) is 9.53 Å². The van der Waals surface area contributed by atoms with Gasteiger partial charge in [-0.25, -0.2) is 9.78 Å². The molecule has 10 heteroatoms. The van der Waals surface area contributed by atoms with Crippen LogP contribution in [0.4, 0.5) is 0 Å². The van der Waals surface area contributed by atoms with Crippen molar-refractivity contribution in [2.45, 2.75) is 20.0 Å². The Morgan fingerprint density at radius 3 is 2.67 bits per heavy atom. The van der Waals surface area contributed by atoms with E-state index in [9.17, 15) is 9.59 Å². The van der Waals surface area contributed by atoms with E-state index in [-0.39, 0.29) is 24.1 Å². The lowest BCUT2D eigenvalue weighted by molar-refractivity contribution is -0.149. The summed E-state index contributed by atoms with van der Waals surface area (Å²) in [5.41, 5.74) is 1.51. The Kier molecular flexibility index (Phi) is 7.64. The van der Waals surface area contributed by atoms with Gasteiger partial charge in [0.05, 0.1) is 39.3 Å². The molecule has 0 radical (unpaired) electrons. The highest BCUT2D eigenvalue weighted by molar-refractivity contribution is 14.1. The van der Waals surface area contributed by atoms with Crippen molar-refractivity contribution in [3.63, 3.8) is 0 Å². The number of methoxy groups -OCH3 is 1. The zero-order chi connectivity index (χ0) is 27.5. The van der Waals surface area contributed by atoms with Gasteiger partial charge in [-0.15, -0.1) is 0 Å². The lowest BCUT2D eigenvalue weighted by atomic mass is 10.2. The van der Waals surface area contributed by atoms with E-state index < -0.39 is 5.97 Å². The SMILES string of the molecule is COc1cccc2oc(-c3nc4ccccc4c(=O)n3N=Cc3ccc(OCC(=O)OC(C)C)c(I)c3)cc12. The highest BCUT2D eigenvalue weighted by Crippen LogP contribution is 2.33. The van der Waals surface area contributed by atoms with Crippen LogP contribution in [0.3, 0.4) is 0 Å². The number of furan rings is 1. The largest absolute Gasteiger partial charge is 0.496 e. The summed E-state index contributed by atoms with van der Waals surface area (Å²) >= 11 is 2.11. The van der Waals surface area contributed by atoms with Crippen LogP contribution in [0.1, 0.15) is 19.4 Å². The molecular formula is C29H24IN3O6. The smallest absolute Gasteiger partial charge is 0.344 e. The van der Waals surface area contributed by atoms with E-state index in [0.717, 1.165) is 8.96 Å². The maximum absolute atomic E-state index is 13.5. The van der Waals surface area contributed by atoms with E-state index in [0.29, 0.717) is 39.3 Å². The molecule has 0 aliphatic rings. The second kappa shape index (κ2) is 11.3. The first kappa shape index (κ1) is 26.4. The predicted octanol–water partition coefficient (Wildman–Crippen LogP) is 5.64. The molecule has 2 heterocycles. The minimum atomic E-state index is -0.439. The van der Waals surface area contributed by atoms with Gasteiger partial charge in [0.15, 0.2) is 12.4 Å². The molecule has 5 aromatic rings. The number of aromatic nitrogens is 2. The van der Waals surface area contributed by atoms with Crippen molar-refractivity contribution >= 4 is 56.6 Å². The maximum atomic E-state index is 13.5. The minimum absolute atomic E-state index is 0.189. The molecule has 9 nitrogen and oxygen atoms in total. The number of nitrogens with zero attached hydrogens (tertiary/aromatic N) is 3. The summed E-state index contributed by atoms with van der Waals surface area (Å²) in [5.74, 6) is 1.38. The third kappa shape index (κ3) is 5.65. The second-order valence-corrected chi connectivity index (χ2v) is 9.98. The second-order valence-electron chi connectivity index (χ2n) is 8.81. The van der Waals surface area contributed by atoms with Crippen LogP contribution in [0.15, 0.2) is 81.0 Å². The van der Waals surface area contributed by atoms with E-state index in [2.05, 4.69) is 27.7 Å². The van der Waals surface area contributed by atoms with E-state index >= 15 is 0 Å². The molecule has 0 saturated carbocycles. The van der Waals surface area contributed by atoms with Crippen LogP contribution in [0.5, 0.6) is 11.5 Å². The van der Waals surface area contributed by atoms with Crippen LogP contribution in [0.2, 0.25) is 0 Å². The lowest BCUT2D eigenvalue weighted by Gasteiger charge is -2.11. The Hall–Kier alpha value is -4.19. The first-order chi connectivity index (χ1) is 18.8. The van der Waals surface area contributed by atoms with Gasteiger partial charge in [0.2, 0.25) is 5.82 Å². The number of fused-ring (bicyclic) bond motifs is 2. The molecule has 5 rings (SSSR count). The van der Waals surface area contributed by atoms with Crippen molar-refractivity contribution in [1.29, 1.82) is 0 Å². The molecule has 2 aromatic heterocycles. The van der Waals surface area contributed by atoms with Gasteiger partial charge in [0.25, 0.3) is 5.56 Å². The first-order valence-electron chi connectivity index (χ1n) is 12.1. The van der Waals surface area contributed by atoms with Gasteiger partial charge in [0, 0.05) is 0 Å². The van der Waals surface area contributed by atoms with Gasteiger partial charge >= 0.3 is 5.97 Å². The lowest BCUT2D eigenvalue weighted by Crippen LogP contribution is -2.20. The summed E-state index contributed by atoms with van der Waals surface area (Å²) in [6.07, 6.45) is 1.35. The number of esters is 1. The predicted molar refractivity (Wildman–Crippen MR) is 157 cm³/mol. The molecule has 0 spiro atoms. The van der Waals surface area contributed by atoms with E-state index in [1.165, 1.54) is 4.68 Å². The van der Waals surface area contributed by atoms with E-state index in [1.807, 2.05) is 30.3 Å². The third-order valence-corrected chi connectivity index (χ3v) is 6.55. The average molecular weight is 637 g/mol. The molecule has 0 aliphatic heterocycles. The molecule has 39 heavy (non-hydrogen) atoms. The Balaban J connectivity index is 1.52. The van der Waals surface area contributed by atoms with Crippen molar-refractivity contribution in [3.05, 3.63) is 86.2 Å². The number of carbonyl (C=O) groups excluding carboxylic acids is 1. The monoisotopic (exact) mass is 637 g/mol. The molecular weight excluding hydrogens is 613 g/mol. The highest BCUT2D eigenvalue weighted by Gasteiger charge is 2.18. The van der Waals surface area contributed by atoms with Crippen molar-refractivity contribution in [2.75, 3.05) is 13.7 Å². The maximum Gasteiger partial charge on any atom is 0.344 e. The Morgan fingerprint density at radius 2 is 1.90 bits per heavy atom. The first-order valence-corrected chi connectivity index (χ1v) is 13.2. The zero-order valence-corrected chi connectivity index (χ0v) is 23.5. The van der Waals surface area contributed by atoms with Crippen molar-refractivity contribution in [1.82, 2.24) is 9.66 Å². The van der Waals surface area contributed by atoms with Crippen LogP contribution in [0.25, 0.3) is 33.5 Å². The van der Waals surface area contributed by atoms with Crippen molar-refractivity contribution in [3.8, 4) is 23.1 Å².